The lowest BCUT2D eigenvalue weighted by Gasteiger charge is -2.36. The molecule has 5 N–H and O–H groups in total. The van der Waals surface area contributed by atoms with E-state index in [0.29, 0.717) is 41.1 Å². The minimum Gasteiger partial charge on any atom is -0.489 e. The largest absolute Gasteiger partial charge is 0.489 e. The van der Waals surface area contributed by atoms with Crippen LogP contribution >= 0.6 is 11.3 Å². The van der Waals surface area contributed by atoms with Crippen LogP contribution in [0.15, 0.2) is 185 Å². The number of rotatable bonds is 19. The molecule has 0 unspecified atom stereocenters. The third-order valence-corrected chi connectivity index (χ3v) is 12.3. The smallest absolute Gasteiger partial charge is 0.407 e. The number of oxime groups is 1. The molecule has 15 nitrogen and oxygen atoms in total. The molecule has 0 spiro atoms. The van der Waals surface area contributed by atoms with Crippen molar-refractivity contribution in [1.82, 2.24) is 15.2 Å². The maximum atomic E-state index is 14.4. The summed E-state index contributed by atoms with van der Waals surface area (Å²) in [4.78, 5) is 56.5. The van der Waals surface area contributed by atoms with E-state index in [4.69, 9.17) is 29.8 Å². The summed E-state index contributed by atoms with van der Waals surface area (Å²) in [6, 6.07) is 53.8. The number of nitrogens with zero attached hydrogens (tertiary/aromatic N) is 4. The van der Waals surface area contributed by atoms with E-state index in [1.165, 1.54) is 11.3 Å². The number of carboxylic acid groups (broad SMARTS) is 1. The Hall–Kier alpha value is -8.50. The second-order valence-electron chi connectivity index (χ2n) is 17.8. The molecule has 1 aromatic heterocycles. The summed E-state index contributed by atoms with van der Waals surface area (Å²) in [5, 5.41) is 23.0. The number of esters is 1. The van der Waals surface area contributed by atoms with Crippen molar-refractivity contribution in [2.24, 2.45) is 15.9 Å². The molecule has 1 aliphatic heterocycles. The maximum Gasteiger partial charge on any atom is 0.407 e. The van der Waals surface area contributed by atoms with Crippen molar-refractivity contribution >= 4 is 46.2 Å². The van der Waals surface area contributed by atoms with Crippen molar-refractivity contribution in [3.63, 3.8) is 0 Å². The number of amides is 1. The Morgan fingerprint density at radius 2 is 1.31 bits per heavy atom. The van der Waals surface area contributed by atoms with Gasteiger partial charge in [-0.15, -0.1) is 11.3 Å². The lowest BCUT2D eigenvalue weighted by molar-refractivity contribution is -0.163. The monoisotopic (exact) mass is 985 g/mol. The van der Waals surface area contributed by atoms with E-state index in [9.17, 15) is 19.5 Å². The number of anilines is 1. The number of aliphatic carboxylic acids is 1. The number of hydrogen-bond donors (Lipinski definition) is 4. The topological polar surface area (TPSA) is 199 Å². The highest BCUT2D eigenvalue weighted by molar-refractivity contribution is 7.14. The first-order valence-corrected chi connectivity index (χ1v) is 24.2. The van der Waals surface area contributed by atoms with E-state index in [0.717, 1.165) is 27.8 Å². The average Bonchev–Trinajstić information content (AvgIpc) is 4.05. The first kappa shape index (κ1) is 49.9. The standard InChI is InChI=1S/C56H55N7O8S/c1-55(2,3)70-54(67)59-32-31-58-52(57)63-34-40-29-30-45(33-41(40)35-63)68-36-47(51(66)69-49(38-19-9-4-10-20-38)39-21-11-5-12-22-39)71-62-48(50(64)65)46-37-72-53(60-46)61-56(42-23-13-6-14-24-42,43-25-15-7-16-26-43)44-27-17-8-18-28-44/h4-30,33,37,47,49H,31-32,34-36H2,1-3H3,(H2,57,58)(H,59,67)(H,60,61)(H,64,65)/b62-48-/t47-/m0/s1. The highest BCUT2D eigenvalue weighted by Crippen LogP contribution is 2.41. The minimum atomic E-state index is -1.55. The van der Waals surface area contributed by atoms with Crippen LogP contribution < -0.4 is 21.1 Å². The Labute approximate surface area is 422 Å². The number of aromatic nitrogens is 1. The zero-order chi connectivity index (χ0) is 50.5. The number of fused-ring (bicyclic) bond motifs is 1. The van der Waals surface area contributed by atoms with Crippen LogP contribution in [0.25, 0.3) is 0 Å². The lowest BCUT2D eigenvalue weighted by Crippen LogP contribution is -2.38. The molecular formula is C56H55N7O8S. The van der Waals surface area contributed by atoms with Gasteiger partial charge in [-0.1, -0.05) is 163 Å². The zero-order valence-electron chi connectivity index (χ0n) is 40.0. The first-order valence-electron chi connectivity index (χ1n) is 23.3. The number of hydrogen-bond acceptors (Lipinski definition) is 12. The highest BCUT2D eigenvalue weighted by Gasteiger charge is 2.38. The number of aliphatic imine (C=N–C) groups is 1. The summed E-state index contributed by atoms with van der Waals surface area (Å²) in [6.45, 7) is 6.39. The van der Waals surface area contributed by atoms with E-state index in [1.807, 2.05) is 169 Å². The second-order valence-corrected chi connectivity index (χ2v) is 18.6. The average molecular weight is 986 g/mol. The quantitative estimate of drug-likeness (QED) is 0.0150. The number of ether oxygens (including phenoxy) is 3. The maximum absolute atomic E-state index is 14.4. The van der Waals surface area contributed by atoms with Crippen LogP contribution in [0.4, 0.5) is 9.93 Å². The number of benzene rings is 6. The van der Waals surface area contributed by atoms with Gasteiger partial charge in [0.05, 0.1) is 6.54 Å². The number of guanidine groups is 1. The van der Waals surface area contributed by atoms with Gasteiger partial charge in [0, 0.05) is 25.0 Å². The molecule has 0 saturated heterocycles. The summed E-state index contributed by atoms with van der Waals surface area (Å²) in [5.41, 5.74) is 10.4. The molecule has 368 valence electrons. The van der Waals surface area contributed by atoms with Crippen molar-refractivity contribution in [3.05, 3.63) is 220 Å². The van der Waals surface area contributed by atoms with Crippen LogP contribution in [0.3, 0.4) is 0 Å². The molecular weight excluding hydrogens is 931 g/mol. The molecule has 1 atom stereocenters. The number of carbonyl (C=O) groups excluding carboxylic acids is 2. The molecule has 0 bridgehead atoms. The normalized spacial score (nSPS) is 13.2. The first-order chi connectivity index (χ1) is 34.9. The van der Waals surface area contributed by atoms with E-state index < -0.39 is 53.7 Å². The number of carbonyl (C=O) groups is 3. The van der Waals surface area contributed by atoms with Gasteiger partial charge in [-0.25, -0.2) is 19.4 Å². The molecule has 0 aliphatic carbocycles. The Morgan fingerprint density at radius 1 is 0.764 bits per heavy atom. The third-order valence-electron chi connectivity index (χ3n) is 11.5. The number of carboxylic acids is 1. The fraction of sp³-hybridized carbons (Fsp3) is 0.214. The van der Waals surface area contributed by atoms with Crippen molar-refractivity contribution in [2.75, 3.05) is 25.0 Å². The van der Waals surface area contributed by atoms with Gasteiger partial charge < -0.3 is 45.4 Å². The number of nitrogens with one attached hydrogen (secondary N) is 2. The van der Waals surface area contributed by atoms with Gasteiger partial charge in [-0.3, -0.25) is 4.99 Å². The molecule has 1 aliphatic rings. The van der Waals surface area contributed by atoms with E-state index in [2.05, 4.69) is 20.8 Å². The fourth-order valence-corrected chi connectivity index (χ4v) is 8.90. The van der Waals surface area contributed by atoms with Gasteiger partial charge in [-0.2, -0.15) is 0 Å². The molecule has 7 aromatic rings. The molecule has 0 radical (unpaired) electrons. The van der Waals surface area contributed by atoms with Crippen molar-refractivity contribution < 1.29 is 38.5 Å². The minimum absolute atomic E-state index is 0.00265. The number of thiazole rings is 1. The molecule has 0 saturated carbocycles. The van der Waals surface area contributed by atoms with Gasteiger partial charge >= 0.3 is 18.0 Å². The molecule has 2 heterocycles. The zero-order valence-corrected chi connectivity index (χ0v) is 40.8. The van der Waals surface area contributed by atoms with Crippen LogP contribution in [-0.4, -0.2) is 76.1 Å². The molecule has 72 heavy (non-hydrogen) atoms. The summed E-state index contributed by atoms with van der Waals surface area (Å²) < 4.78 is 17.7. The summed E-state index contributed by atoms with van der Waals surface area (Å²) in [6.07, 6.45) is -2.92. The Bertz CT molecular complexity index is 2850. The van der Waals surface area contributed by atoms with E-state index in [-0.39, 0.29) is 18.8 Å². The number of nitrogens with two attached hydrogens (primary N) is 1. The van der Waals surface area contributed by atoms with E-state index >= 15 is 0 Å². The summed E-state index contributed by atoms with van der Waals surface area (Å²) in [5.74, 6) is -1.57. The predicted octanol–water partition coefficient (Wildman–Crippen LogP) is 9.29. The molecule has 16 heteroatoms. The molecule has 1 amide bonds. The van der Waals surface area contributed by atoms with Crippen LogP contribution in [0.2, 0.25) is 0 Å². The Kier molecular flexibility index (Phi) is 15.9. The fourth-order valence-electron chi connectivity index (χ4n) is 8.15. The van der Waals surface area contributed by atoms with Gasteiger partial charge in [0.25, 0.3) is 6.10 Å². The van der Waals surface area contributed by atoms with E-state index in [1.54, 1.807) is 32.2 Å². The van der Waals surface area contributed by atoms with Crippen molar-refractivity contribution in [2.45, 2.75) is 57.2 Å². The second kappa shape index (κ2) is 22.9. The third kappa shape index (κ3) is 12.4. The van der Waals surface area contributed by atoms with Crippen molar-refractivity contribution in [3.8, 4) is 5.75 Å². The molecule has 6 aromatic carbocycles. The van der Waals surface area contributed by atoms with Crippen LogP contribution in [0.1, 0.15) is 71.5 Å². The van der Waals surface area contributed by atoms with Crippen LogP contribution in [0.5, 0.6) is 5.75 Å². The van der Waals surface area contributed by atoms with Gasteiger partial charge in [-0.05, 0) is 71.8 Å². The SMILES string of the molecule is CC(C)(C)OC(=O)NCCN=C(N)N1Cc2ccc(OC[C@H](O/N=C(\C(=O)O)c3csc(NC(c4ccccc4)(c4ccccc4)c4ccccc4)n3)C(=O)OC(c3ccccc3)c3ccccc3)cc2C1. The van der Waals surface area contributed by atoms with Gasteiger partial charge in [0.1, 0.15) is 29.2 Å². The Balaban J connectivity index is 1.04. The highest BCUT2D eigenvalue weighted by atomic mass is 32.1. The predicted molar refractivity (Wildman–Crippen MR) is 277 cm³/mol. The molecule has 0 fully saturated rings. The van der Waals surface area contributed by atoms with Crippen LogP contribution in [-0.2, 0) is 42.5 Å². The lowest BCUT2D eigenvalue weighted by atomic mass is 9.77. The van der Waals surface area contributed by atoms with Crippen molar-refractivity contribution in [1.29, 1.82) is 0 Å². The number of alkyl carbamates (subject to hydrolysis) is 1. The van der Waals surface area contributed by atoms with Gasteiger partial charge in [0.2, 0.25) is 5.71 Å². The van der Waals surface area contributed by atoms with Crippen LogP contribution in [0, 0.1) is 0 Å². The molecule has 8 rings (SSSR count). The Morgan fingerprint density at radius 3 is 1.85 bits per heavy atom. The van der Waals surface area contributed by atoms with Gasteiger partial charge in [0.15, 0.2) is 17.2 Å². The summed E-state index contributed by atoms with van der Waals surface area (Å²) in [7, 11) is 0. The summed E-state index contributed by atoms with van der Waals surface area (Å²) >= 11 is 1.20.